The van der Waals surface area contributed by atoms with Gasteiger partial charge < -0.3 is 10.6 Å². The average molecular weight is 499 g/mol. The van der Waals surface area contributed by atoms with Crippen molar-refractivity contribution in [3.63, 3.8) is 0 Å². The zero-order valence-corrected chi connectivity index (χ0v) is 21.0. The highest BCUT2D eigenvalue weighted by atomic mass is 32.2. The summed E-state index contributed by atoms with van der Waals surface area (Å²) >= 11 is 0. The third kappa shape index (κ3) is 6.48. The molecular weight excluding hydrogens is 464 g/mol. The number of rotatable bonds is 7. The standard InChI is InChI=1S/C26H34N4O4S/c1-20-11-13-22(14-12-20)35(33,34)30-16-6-15-29(17-18-30)19-25(31)28-24-10-5-4-9-23(24)26(32)27-21-7-2-3-8-21/h4-5,9-14,21H,2-3,6-8,15-19H2,1H3,(H,27,32)(H,28,31). The van der Waals surface area contributed by atoms with Crippen LogP contribution >= 0.6 is 0 Å². The van der Waals surface area contributed by atoms with E-state index in [9.17, 15) is 18.0 Å². The molecule has 4 rings (SSSR count). The minimum absolute atomic E-state index is 0.136. The van der Waals surface area contributed by atoms with E-state index in [0.29, 0.717) is 48.7 Å². The van der Waals surface area contributed by atoms with Gasteiger partial charge in [-0.2, -0.15) is 4.31 Å². The maximum atomic E-state index is 13.0. The van der Waals surface area contributed by atoms with Crippen molar-refractivity contribution in [3.8, 4) is 0 Å². The molecule has 2 aliphatic rings. The van der Waals surface area contributed by atoms with E-state index in [1.807, 2.05) is 11.8 Å². The number of hydrogen-bond acceptors (Lipinski definition) is 5. The zero-order chi connectivity index (χ0) is 24.8. The summed E-state index contributed by atoms with van der Waals surface area (Å²) in [5.74, 6) is -0.388. The highest BCUT2D eigenvalue weighted by Gasteiger charge is 2.27. The first kappa shape index (κ1) is 25.3. The molecule has 2 amide bonds. The number of sulfonamides is 1. The van der Waals surface area contributed by atoms with Gasteiger partial charge in [0.05, 0.1) is 22.7 Å². The predicted octanol–water partition coefficient (Wildman–Crippen LogP) is 3.00. The van der Waals surface area contributed by atoms with Gasteiger partial charge >= 0.3 is 0 Å². The Morgan fingerprint density at radius 2 is 1.63 bits per heavy atom. The quantitative estimate of drug-likeness (QED) is 0.612. The van der Waals surface area contributed by atoms with Crippen LogP contribution in [-0.4, -0.2) is 68.2 Å². The van der Waals surface area contributed by atoms with E-state index in [-0.39, 0.29) is 24.4 Å². The highest BCUT2D eigenvalue weighted by molar-refractivity contribution is 7.89. The molecule has 8 nitrogen and oxygen atoms in total. The fourth-order valence-corrected chi connectivity index (χ4v) is 6.19. The van der Waals surface area contributed by atoms with Crippen LogP contribution in [0.5, 0.6) is 0 Å². The second-order valence-corrected chi connectivity index (χ2v) is 11.3. The van der Waals surface area contributed by atoms with E-state index in [1.54, 1.807) is 48.5 Å². The van der Waals surface area contributed by atoms with E-state index in [4.69, 9.17) is 0 Å². The maximum absolute atomic E-state index is 13.0. The topological polar surface area (TPSA) is 98.8 Å². The van der Waals surface area contributed by atoms with Crippen LogP contribution in [0, 0.1) is 6.92 Å². The molecule has 1 saturated carbocycles. The van der Waals surface area contributed by atoms with Crippen LogP contribution in [-0.2, 0) is 14.8 Å². The number of nitrogens with one attached hydrogen (secondary N) is 2. The monoisotopic (exact) mass is 498 g/mol. The largest absolute Gasteiger partial charge is 0.349 e. The molecule has 1 aliphatic carbocycles. The van der Waals surface area contributed by atoms with E-state index < -0.39 is 10.0 Å². The lowest BCUT2D eigenvalue weighted by Crippen LogP contribution is -2.38. The smallest absolute Gasteiger partial charge is 0.253 e. The number of amides is 2. The third-order valence-corrected chi connectivity index (χ3v) is 8.62. The van der Waals surface area contributed by atoms with Gasteiger partial charge in [0.25, 0.3) is 5.91 Å². The van der Waals surface area contributed by atoms with Crippen molar-refractivity contribution in [1.29, 1.82) is 0 Å². The third-order valence-electron chi connectivity index (χ3n) is 6.71. The van der Waals surface area contributed by atoms with E-state index >= 15 is 0 Å². The van der Waals surface area contributed by atoms with E-state index in [0.717, 1.165) is 31.2 Å². The fraction of sp³-hybridized carbons (Fsp3) is 0.462. The van der Waals surface area contributed by atoms with Crippen LogP contribution in [0.1, 0.15) is 48.0 Å². The van der Waals surface area contributed by atoms with Gasteiger partial charge in [-0.15, -0.1) is 0 Å². The van der Waals surface area contributed by atoms with Crippen LogP contribution in [0.3, 0.4) is 0 Å². The number of aryl methyl sites for hydroxylation is 1. The Morgan fingerprint density at radius 3 is 2.37 bits per heavy atom. The molecule has 2 N–H and O–H groups in total. The molecule has 0 atom stereocenters. The molecule has 35 heavy (non-hydrogen) atoms. The second-order valence-electron chi connectivity index (χ2n) is 9.40. The van der Waals surface area contributed by atoms with Crippen molar-refractivity contribution < 1.29 is 18.0 Å². The first-order valence-corrected chi connectivity index (χ1v) is 13.8. The molecule has 0 radical (unpaired) electrons. The van der Waals surface area contributed by atoms with Crippen molar-refractivity contribution in [2.24, 2.45) is 0 Å². The first-order valence-electron chi connectivity index (χ1n) is 12.3. The Labute approximate surface area is 207 Å². The Hall–Kier alpha value is -2.75. The van der Waals surface area contributed by atoms with Crippen molar-refractivity contribution in [1.82, 2.24) is 14.5 Å². The Morgan fingerprint density at radius 1 is 0.914 bits per heavy atom. The molecule has 0 spiro atoms. The lowest BCUT2D eigenvalue weighted by Gasteiger charge is -2.22. The number of para-hydroxylation sites is 1. The number of hydrogen-bond donors (Lipinski definition) is 2. The number of carbonyl (C=O) groups excluding carboxylic acids is 2. The van der Waals surface area contributed by atoms with E-state index in [2.05, 4.69) is 10.6 Å². The highest BCUT2D eigenvalue weighted by Crippen LogP contribution is 2.21. The molecular formula is C26H34N4O4S. The minimum Gasteiger partial charge on any atom is -0.349 e. The number of benzene rings is 2. The molecule has 1 saturated heterocycles. The molecule has 2 fully saturated rings. The van der Waals surface area contributed by atoms with Gasteiger partial charge in [-0.05, 0) is 57.0 Å². The Bertz CT molecular complexity index is 1140. The predicted molar refractivity (Wildman–Crippen MR) is 136 cm³/mol. The number of carbonyl (C=O) groups is 2. The van der Waals surface area contributed by atoms with Gasteiger partial charge in [-0.3, -0.25) is 14.5 Å². The van der Waals surface area contributed by atoms with Crippen LogP contribution in [0.4, 0.5) is 5.69 Å². The lowest BCUT2D eigenvalue weighted by molar-refractivity contribution is -0.117. The zero-order valence-electron chi connectivity index (χ0n) is 20.2. The van der Waals surface area contributed by atoms with Crippen molar-refractivity contribution in [3.05, 3.63) is 59.7 Å². The summed E-state index contributed by atoms with van der Waals surface area (Å²) in [7, 11) is -3.57. The maximum Gasteiger partial charge on any atom is 0.253 e. The van der Waals surface area contributed by atoms with Gasteiger partial charge in [0.2, 0.25) is 15.9 Å². The lowest BCUT2D eigenvalue weighted by atomic mass is 10.1. The van der Waals surface area contributed by atoms with Crippen molar-refractivity contribution in [2.45, 2.75) is 50.0 Å². The molecule has 1 heterocycles. The summed E-state index contributed by atoms with van der Waals surface area (Å²) in [6.07, 6.45) is 4.88. The molecule has 1 aliphatic heterocycles. The van der Waals surface area contributed by atoms with Crippen molar-refractivity contribution in [2.75, 3.05) is 38.0 Å². The molecule has 9 heteroatoms. The second kappa shape index (κ2) is 11.3. The van der Waals surface area contributed by atoms with E-state index in [1.165, 1.54) is 4.31 Å². The normalized spacial score (nSPS) is 18.2. The van der Waals surface area contributed by atoms with Gasteiger partial charge in [0, 0.05) is 25.7 Å². The van der Waals surface area contributed by atoms with Crippen LogP contribution < -0.4 is 10.6 Å². The van der Waals surface area contributed by atoms with Gasteiger partial charge in [-0.25, -0.2) is 8.42 Å². The molecule has 2 aromatic rings. The molecule has 0 unspecified atom stereocenters. The summed E-state index contributed by atoms with van der Waals surface area (Å²) in [6.45, 7) is 3.88. The van der Waals surface area contributed by atoms with Gasteiger partial charge in [-0.1, -0.05) is 42.7 Å². The SMILES string of the molecule is Cc1ccc(S(=O)(=O)N2CCCN(CC(=O)Nc3ccccc3C(=O)NC3CCCC3)CC2)cc1. The van der Waals surface area contributed by atoms with Crippen LogP contribution in [0.15, 0.2) is 53.4 Å². The molecule has 2 aromatic carbocycles. The summed E-state index contributed by atoms with van der Waals surface area (Å²) in [5.41, 5.74) is 1.96. The van der Waals surface area contributed by atoms with Gasteiger partial charge in [0.1, 0.15) is 0 Å². The average Bonchev–Trinajstić information content (AvgIpc) is 3.23. The Balaban J connectivity index is 1.34. The first-order chi connectivity index (χ1) is 16.8. The van der Waals surface area contributed by atoms with Crippen molar-refractivity contribution >= 4 is 27.5 Å². The molecule has 0 aromatic heterocycles. The molecule has 188 valence electrons. The number of anilines is 1. The summed E-state index contributed by atoms with van der Waals surface area (Å²) in [6, 6.07) is 14.1. The minimum atomic E-state index is -3.57. The fourth-order valence-electron chi connectivity index (χ4n) is 4.72. The van der Waals surface area contributed by atoms with Crippen LogP contribution in [0.2, 0.25) is 0 Å². The number of nitrogens with zero attached hydrogens (tertiary/aromatic N) is 2. The van der Waals surface area contributed by atoms with Gasteiger partial charge in [0.15, 0.2) is 0 Å². The summed E-state index contributed by atoms with van der Waals surface area (Å²) < 4.78 is 27.6. The van der Waals surface area contributed by atoms with Crippen LogP contribution in [0.25, 0.3) is 0 Å². The molecule has 0 bridgehead atoms. The summed E-state index contributed by atoms with van der Waals surface area (Å²) in [5, 5.41) is 5.95. The summed E-state index contributed by atoms with van der Waals surface area (Å²) in [4.78, 5) is 27.8. The Kier molecular flexibility index (Phi) is 8.20.